The Kier molecular flexibility index (Phi) is 5.09. The average molecular weight is 358 g/mol. The zero-order valence-corrected chi connectivity index (χ0v) is 15.9. The summed E-state index contributed by atoms with van der Waals surface area (Å²) in [5.41, 5.74) is 3.66. The van der Waals surface area contributed by atoms with Gasteiger partial charge in [0.25, 0.3) is 0 Å². The van der Waals surface area contributed by atoms with Gasteiger partial charge in [-0.1, -0.05) is 42.8 Å². The Morgan fingerprint density at radius 2 is 1.81 bits per heavy atom. The van der Waals surface area contributed by atoms with E-state index in [1.807, 2.05) is 13.0 Å². The van der Waals surface area contributed by atoms with Gasteiger partial charge in [-0.05, 0) is 55.9 Å². The summed E-state index contributed by atoms with van der Waals surface area (Å²) in [5, 5.41) is 9.18. The van der Waals surface area contributed by atoms with Crippen LogP contribution >= 0.6 is 0 Å². The Labute approximate surface area is 161 Å². The molecular weight excluding hydrogens is 332 g/mol. The molecule has 0 spiro atoms. The van der Waals surface area contributed by atoms with Gasteiger partial charge in [0.05, 0.1) is 11.6 Å². The monoisotopic (exact) mass is 358 g/mol. The Bertz CT molecular complexity index is 854. The first-order valence-electron chi connectivity index (χ1n) is 10.0. The number of fused-ring (bicyclic) bond motifs is 2. The van der Waals surface area contributed by atoms with Crippen LogP contribution in [0.25, 0.3) is 0 Å². The maximum atomic E-state index is 13.3. The second-order valence-corrected chi connectivity index (χ2v) is 8.07. The van der Waals surface area contributed by atoms with E-state index in [0.29, 0.717) is 17.6 Å². The number of benzene rings is 2. The molecule has 0 aliphatic carbocycles. The van der Waals surface area contributed by atoms with Crippen molar-refractivity contribution in [1.29, 1.82) is 5.26 Å². The molecule has 0 amide bonds. The minimum atomic E-state index is 0.0833. The van der Waals surface area contributed by atoms with Gasteiger partial charge in [0.2, 0.25) is 0 Å². The molecule has 138 valence electrons. The predicted molar refractivity (Wildman–Crippen MR) is 106 cm³/mol. The second-order valence-electron chi connectivity index (χ2n) is 8.07. The van der Waals surface area contributed by atoms with Crippen LogP contribution in [0.1, 0.15) is 59.2 Å². The quantitative estimate of drug-likeness (QED) is 0.732. The van der Waals surface area contributed by atoms with Crippen molar-refractivity contribution in [2.45, 2.75) is 57.7 Å². The highest BCUT2D eigenvalue weighted by molar-refractivity contribution is 5.99. The predicted octanol–water partition coefficient (Wildman–Crippen LogP) is 4.88. The first kappa shape index (κ1) is 17.9. The van der Waals surface area contributed by atoms with Gasteiger partial charge in [-0.15, -0.1) is 0 Å². The van der Waals surface area contributed by atoms with Crippen molar-refractivity contribution in [2.75, 3.05) is 0 Å². The van der Waals surface area contributed by atoms with E-state index in [2.05, 4.69) is 41.3 Å². The number of carbonyl (C=O) groups excluding carboxylic acids is 1. The number of aryl methyl sites for hydroxylation is 1. The first-order valence-corrected chi connectivity index (χ1v) is 10.0. The fraction of sp³-hybridized carbons (Fsp3) is 0.417. The Balaban J connectivity index is 1.53. The third-order valence-electron chi connectivity index (χ3n) is 6.34. The SMILES string of the molecule is Cc1ccc(C#N)cc1C(=O)C1CC2CCCC(C1)N2Cc1ccccc1. The molecule has 2 aromatic carbocycles. The minimum Gasteiger partial charge on any atom is -0.294 e. The third kappa shape index (κ3) is 3.68. The van der Waals surface area contributed by atoms with Crippen molar-refractivity contribution in [3.8, 4) is 6.07 Å². The molecule has 4 rings (SSSR count). The van der Waals surface area contributed by atoms with Crippen LogP contribution in [0.3, 0.4) is 0 Å². The molecule has 2 aliphatic heterocycles. The maximum absolute atomic E-state index is 13.3. The van der Waals surface area contributed by atoms with Crippen molar-refractivity contribution in [3.05, 3.63) is 70.8 Å². The van der Waals surface area contributed by atoms with Crippen molar-refractivity contribution < 1.29 is 4.79 Å². The van der Waals surface area contributed by atoms with E-state index in [0.717, 1.165) is 30.5 Å². The summed E-state index contributed by atoms with van der Waals surface area (Å²) in [6, 6.07) is 19.3. The Hall–Kier alpha value is -2.44. The summed E-state index contributed by atoms with van der Waals surface area (Å²) in [5.74, 6) is 0.320. The van der Waals surface area contributed by atoms with E-state index < -0.39 is 0 Å². The van der Waals surface area contributed by atoms with Crippen LogP contribution in [0.2, 0.25) is 0 Å². The molecule has 27 heavy (non-hydrogen) atoms. The van der Waals surface area contributed by atoms with E-state index in [9.17, 15) is 10.1 Å². The van der Waals surface area contributed by atoms with Crippen LogP contribution < -0.4 is 0 Å². The average Bonchev–Trinajstić information content (AvgIpc) is 2.68. The van der Waals surface area contributed by atoms with Crippen molar-refractivity contribution in [2.24, 2.45) is 5.92 Å². The van der Waals surface area contributed by atoms with Crippen LogP contribution in [0.15, 0.2) is 48.5 Å². The molecule has 2 heterocycles. The summed E-state index contributed by atoms with van der Waals surface area (Å²) < 4.78 is 0. The van der Waals surface area contributed by atoms with Gasteiger partial charge >= 0.3 is 0 Å². The molecule has 3 nitrogen and oxygen atoms in total. The molecule has 0 saturated carbocycles. The lowest BCUT2D eigenvalue weighted by Gasteiger charge is -2.48. The fourth-order valence-electron chi connectivity index (χ4n) is 4.92. The molecular formula is C24H26N2O. The first-order chi connectivity index (χ1) is 13.2. The van der Waals surface area contributed by atoms with E-state index in [1.54, 1.807) is 12.1 Å². The summed E-state index contributed by atoms with van der Waals surface area (Å²) in [6.45, 7) is 2.96. The highest BCUT2D eigenvalue weighted by atomic mass is 16.1. The van der Waals surface area contributed by atoms with E-state index >= 15 is 0 Å². The number of piperidine rings is 2. The van der Waals surface area contributed by atoms with Crippen molar-refractivity contribution >= 4 is 5.78 Å². The zero-order valence-electron chi connectivity index (χ0n) is 15.9. The van der Waals surface area contributed by atoms with Gasteiger partial charge in [-0.3, -0.25) is 9.69 Å². The van der Waals surface area contributed by atoms with Gasteiger partial charge in [0, 0.05) is 30.1 Å². The van der Waals surface area contributed by atoms with Crippen LogP contribution in [-0.4, -0.2) is 22.8 Å². The Morgan fingerprint density at radius 1 is 1.11 bits per heavy atom. The van der Waals surface area contributed by atoms with Crippen LogP contribution in [0, 0.1) is 24.2 Å². The molecule has 2 saturated heterocycles. The van der Waals surface area contributed by atoms with Crippen LogP contribution in [0.5, 0.6) is 0 Å². The van der Waals surface area contributed by atoms with Crippen LogP contribution in [-0.2, 0) is 6.54 Å². The van der Waals surface area contributed by atoms with Gasteiger partial charge in [-0.25, -0.2) is 0 Å². The lowest BCUT2D eigenvalue weighted by molar-refractivity contribution is 0.00904. The molecule has 2 aliphatic rings. The molecule has 2 unspecified atom stereocenters. The summed E-state index contributed by atoms with van der Waals surface area (Å²) in [7, 11) is 0. The van der Waals surface area contributed by atoms with E-state index in [-0.39, 0.29) is 11.7 Å². The highest BCUT2D eigenvalue weighted by Crippen LogP contribution is 2.39. The summed E-state index contributed by atoms with van der Waals surface area (Å²) in [4.78, 5) is 15.9. The number of ketones is 1. The number of carbonyl (C=O) groups is 1. The maximum Gasteiger partial charge on any atom is 0.166 e. The number of nitriles is 1. The topological polar surface area (TPSA) is 44.1 Å². The molecule has 0 aromatic heterocycles. The standard InChI is InChI=1S/C24H26N2O/c1-17-10-11-19(15-25)12-23(17)24(27)20-13-21-8-5-9-22(14-20)26(21)16-18-6-3-2-4-7-18/h2-4,6-7,10-12,20-22H,5,8-9,13-14,16H2,1H3. The molecule has 3 heteroatoms. The lowest BCUT2D eigenvalue weighted by Crippen LogP contribution is -2.52. The van der Waals surface area contributed by atoms with E-state index in [4.69, 9.17) is 0 Å². The smallest absolute Gasteiger partial charge is 0.166 e. The van der Waals surface area contributed by atoms with Gasteiger partial charge < -0.3 is 0 Å². The van der Waals surface area contributed by atoms with E-state index in [1.165, 1.54) is 24.8 Å². The highest BCUT2D eigenvalue weighted by Gasteiger charge is 2.40. The van der Waals surface area contributed by atoms with Gasteiger partial charge in [0.15, 0.2) is 5.78 Å². The molecule has 2 bridgehead atoms. The molecule has 2 fully saturated rings. The number of Topliss-reactive ketones (excluding diaryl/α,β-unsaturated/α-hetero) is 1. The molecule has 2 aromatic rings. The van der Waals surface area contributed by atoms with Crippen molar-refractivity contribution in [1.82, 2.24) is 4.90 Å². The number of nitrogens with zero attached hydrogens (tertiary/aromatic N) is 2. The molecule has 0 radical (unpaired) electrons. The normalized spacial score (nSPS) is 25.0. The summed E-state index contributed by atoms with van der Waals surface area (Å²) >= 11 is 0. The largest absolute Gasteiger partial charge is 0.294 e. The Morgan fingerprint density at radius 3 is 2.48 bits per heavy atom. The number of rotatable bonds is 4. The molecule has 0 N–H and O–H groups in total. The number of hydrogen-bond donors (Lipinski definition) is 0. The minimum absolute atomic E-state index is 0.0833. The molecule has 2 atom stereocenters. The van der Waals surface area contributed by atoms with Crippen molar-refractivity contribution in [3.63, 3.8) is 0 Å². The van der Waals surface area contributed by atoms with Crippen LogP contribution in [0.4, 0.5) is 0 Å². The lowest BCUT2D eigenvalue weighted by atomic mass is 9.75. The zero-order chi connectivity index (χ0) is 18.8. The number of hydrogen-bond acceptors (Lipinski definition) is 3. The summed E-state index contributed by atoms with van der Waals surface area (Å²) in [6.07, 6.45) is 5.52. The second kappa shape index (κ2) is 7.66. The van der Waals surface area contributed by atoms with Gasteiger partial charge in [0.1, 0.15) is 0 Å². The third-order valence-corrected chi connectivity index (χ3v) is 6.34. The fourth-order valence-corrected chi connectivity index (χ4v) is 4.92. The van der Waals surface area contributed by atoms with Gasteiger partial charge in [-0.2, -0.15) is 5.26 Å².